The van der Waals surface area contributed by atoms with Crippen LogP contribution in [0.3, 0.4) is 0 Å². The molecule has 3 rings (SSSR count). The number of aliphatic imine (C=N–C) groups is 1. The summed E-state index contributed by atoms with van der Waals surface area (Å²) < 4.78 is 4.05. The normalized spacial score (nSPS) is 17.8. The summed E-state index contributed by atoms with van der Waals surface area (Å²) in [7, 11) is 1.97. The minimum absolute atomic E-state index is 0.488. The van der Waals surface area contributed by atoms with E-state index in [4.69, 9.17) is 4.99 Å². The van der Waals surface area contributed by atoms with Crippen LogP contribution in [0.15, 0.2) is 11.3 Å². The Hall–Kier alpha value is -2.49. The zero-order valence-electron chi connectivity index (χ0n) is 18.1. The van der Waals surface area contributed by atoms with E-state index in [1.54, 1.807) is 6.33 Å². The Morgan fingerprint density at radius 1 is 1.21 bits per heavy atom. The number of aromatic nitrogens is 6. The molecule has 1 atom stereocenters. The lowest BCUT2D eigenvalue weighted by molar-refractivity contribution is 0.267. The molecule has 2 aromatic rings. The van der Waals surface area contributed by atoms with Gasteiger partial charge in [0.1, 0.15) is 24.5 Å². The number of rotatable bonds is 9. The first-order valence-corrected chi connectivity index (χ1v) is 10.6. The van der Waals surface area contributed by atoms with Crippen LogP contribution in [-0.2, 0) is 26.6 Å². The van der Waals surface area contributed by atoms with Crippen LogP contribution in [0, 0.1) is 6.92 Å². The van der Waals surface area contributed by atoms with Crippen LogP contribution in [0.2, 0.25) is 0 Å². The Morgan fingerprint density at radius 3 is 2.79 bits per heavy atom. The molecule has 0 radical (unpaired) electrons. The van der Waals surface area contributed by atoms with Gasteiger partial charge in [0.2, 0.25) is 0 Å². The molecule has 0 saturated carbocycles. The van der Waals surface area contributed by atoms with E-state index < -0.39 is 0 Å². The fraction of sp³-hybridized carbons (Fsp3) is 0.737. The molecule has 0 aliphatic carbocycles. The van der Waals surface area contributed by atoms with Crippen molar-refractivity contribution in [2.75, 3.05) is 26.2 Å². The van der Waals surface area contributed by atoms with Crippen molar-refractivity contribution in [1.82, 2.24) is 45.1 Å². The van der Waals surface area contributed by atoms with Crippen LogP contribution in [0.4, 0.5) is 0 Å². The van der Waals surface area contributed by atoms with Crippen molar-refractivity contribution < 1.29 is 0 Å². The molecule has 0 bridgehead atoms. The van der Waals surface area contributed by atoms with E-state index in [2.05, 4.69) is 54.3 Å². The lowest BCUT2D eigenvalue weighted by Crippen LogP contribution is -2.45. The number of hydrogen-bond donors (Lipinski definition) is 2. The van der Waals surface area contributed by atoms with E-state index in [9.17, 15) is 0 Å². The largest absolute Gasteiger partial charge is 0.355 e. The van der Waals surface area contributed by atoms with E-state index >= 15 is 0 Å². The summed E-state index contributed by atoms with van der Waals surface area (Å²) in [5.74, 6) is 3.55. The molecule has 160 valence electrons. The van der Waals surface area contributed by atoms with Gasteiger partial charge in [0.15, 0.2) is 11.8 Å². The SMILES string of the molecule is CCc1nncn1CCNC(=NCc1nnc(C)n1C)NCC1CCCN1CC. The smallest absolute Gasteiger partial charge is 0.191 e. The summed E-state index contributed by atoms with van der Waals surface area (Å²) in [6, 6.07) is 0.564. The first-order valence-electron chi connectivity index (χ1n) is 10.6. The quantitative estimate of drug-likeness (QED) is 0.465. The maximum Gasteiger partial charge on any atom is 0.191 e. The lowest BCUT2D eigenvalue weighted by Gasteiger charge is -2.24. The first kappa shape index (κ1) is 21.2. The molecular formula is C19H34N10. The number of likely N-dealkylation sites (tertiary alicyclic amines) is 1. The fourth-order valence-corrected chi connectivity index (χ4v) is 3.70. The number of aryl methyl sites for hydroxylation is 2. The number of nitrogens with zero attached hydrogens (tertiary/aromatic N) is 8. The fourth-order valence-electron chi connectivity index (χ4n) is 3.70. The van der Waals surface area contributed by atoms with Crippen LogP contribution in [-0.4, -0.2) is 72.6 Å². The Labute approximate surface area is 172 Å². The highest BCUT2D eigenvalue weighted by molar-refractivity contribution is 5.79. The summed E-state index contributed by atoms with van der Waals surface area (Å²) in [4.78, 5) is 7.28. The van der Waals surface area contributed by atoms with Crippen LogP contribution >= 0.6 is 0 Å². The van der Waals surface area contributed by atoms with Crippen molar-refractivity contribution in [3.8, 4) is 0 Å². The molecule has 0 spiro atoms. The van der Waals surface area contributed by atoms with Gasteiger partial charge in [-0.05, 0) is 32.9 Å². The summed E-state index contributed by atoms with van der Waals surface area (Å²) in [5, 5.41) is 23.5. The van der Waals surface area contributed by atoms with Gasteiger partial charge in [-0.15, -0.1) is 20.4 Å². The van der Waals surface area contributed by atoms with E-state index in [1.807, 2.05) is 18.5 Å². The third-order valence-corrected chi connectivity index (χ3v) is 5.63. The predicted octanol–water partition coefficient (Wildman–Crippen LogP) is 0.497. The van der Waals surface area contributed by atoms with Crippen molar-refractivity contribution >= 4 is 5.96 Å². The Bertz CT molecular complexity index is 793. The second-order valence-electron chi connectivity index (χ2n) is 7.41. The van der Waals surface area contributed by atoms with Crippen LogP contribution in [0.5, 0.6) is 0 Å². The molecule has 2 N–H and O–H groups in total. The van der Waals surface area contributed by atoms with E-state index in [-0.39, 0.29) is 0 Å². The molecule has 0 amide bonds. The van der Waals surface area contributed by atoms with Crippen molar-refractivity contribution in [3.63, 3.8) is 0 Å². The van der Waals surface area contributed by atoms with Crippen molar-refractivity contribution in [3.05, 3.63) is 23.8 Å². The van der Waals surface area contributed by atoms with Gasteiger partial charge in [0.05, 0.1) is 0 Å². The Morgan fingerprint density at radius 2 is 2.07 bits per heavy atom. The van der Waals surface area contributed by atoms with Gasteiger partial charge in [0, 0.05) is 39.1 Å². The molecular weight excluding hydrogens is 368 g/mol. The van der Waals surface area contributed by atoms with Crippen molar-refractivity contribution in [2.24, 2.45) is 12.0 Å². The molecule has 1 unspecified atom stereocenters. The highest BCUT2D eigenvalue weighted by atomic mass is 15.3. The summed E-state index contributed by atoms with van der Waals surface area (Å²) >= 11 is 0. The number of likely N-dealkylation sites (N-methyl/N-ethyl adjacent to an activating group) is 1. The monoisotopic (exact) mass is 402 g/mol. The molecule has 1 aliphatic heterocycles. The van der Waals surface area contributed by atoms with Gasteiger partial charge in [-0.25, -0.2) is 4.99 Å². The Balaban J connectivity index is 1.60. The van der Waals surface area contributed by atoms with Crippen LogP contribution in [0.1, 0.15) is 44.2 Å². The maximum absolute atomic E-state index is 4.75. The zero-order valence-corrected chi connectivity index (χ0v) is 18.1. The standard InChI is InChI=1S/C19H34N10/c1-5-17-25-23-14-29(17)11-9-20-19(21-12-16-8-7-10-28(16)6-2)22-13-18-26-24-15(3)27(18)4/h14,16H,5-13H2,1-4H3,(H2,20,21,22). The Kier molecular flexibility index (Phi) is 7.56. The molecule has 1 aliphatic rings. The third kappa shape index (κ3) is 5.53. The van der Waals surface area contributed by atoms with Gasteiger partial charge in [-0.1, -0.05) is 13.8 Å². The molecule has 1 saturated heterocycles. The van der Waals surface area contributed by atoms with Gasteiger partial charge in [-0.2, -0.15) is 0 Å². The van der Waals surface area contributed by atoms with Gasteiger partial charge >= 0.3 is 0 Å². The van der Waals surface area contributed by atoms with Crippen molar-refractivity contribution in [2.45, 2.75) is 59.2 Å². The van der Waals surface area contributed by atoms with E-state index in [0.29, 0.717) is 12.6 Å². The molecule has 0 aromatic carbocycles. The summed E-state index contributed by atoms with van der Waals surface area (Å²) in [6.45, 7) is 11.5. The maximum atomic E-state index is 4.75. The second-order valence-corrected chi connectivity index (χ2v) is 7.41. The summed E-state index contributed by atoms with van der Waals surface area (Å²) in [5.41, 5.74) is 0. The van der Waals surface area contributed by atoms with Crippen LogP contribution < -0.4 is 10.6 Å². The average Bonchev–Trinajstić information content (AvgIpc) is 3.45. The average molecular weight is 403 g/mol. The number of guanidine groups is 1. The van der Waals surface area contributed by atoms with E-state index in [0.717, 1.165) is 56.0 Å². The zero-order chi connectivity index (χ0) is 20.6. The molecule has 29 heavy (non-hydrogen) atoms. The summed E-state index contributed by atoms with van der Waals surface area (Å²) in [6.07, 6.45) is 5.16. The highest BCUT2D eigenvalue weighted by Crippen LogP contribution is 2.15. The predicted molar refractivity (Wildman–Crippen MR) is 113 cm³/mol. The van der Waals surface area contributed by atoms with Crippen molar-refractivity contribution in [1.29, 1.82) is 0 Å². The van der Waals surface area contributed by atoms with Gasteiger partial charge in [-0.3, -0.25) is 4.90 Å². The number of nitrogens with one attached hydrogen (secondary N) is 2. The van der Waals surface area contributed by atoms with Gasteiger partial charge in [0.25, 0.3) is 0 Å². The lowest BCUT2D eigenvalue weighted by atomic mass is 10.2. The topological polar surface area (TPSA) is 101 Å². The number of hydrogen-bond acceptors (Lipinski definition) is 6. The highest BCUT2D eigenvalue weighted by Gasteiger charge is 2.22. The first-order chi connectivity index (χ1) is 14.1. The molecule has 3 heterocycles. The minimum Gasteiger partial charge on any atom is -0.355 e. The second kappa shape index (κ2) is 10.3. The minimum atomic E-state index is 0.488. The molecule has 10 nitrogen and oxygen atoms in total. The van der Waals surface area contributed by atoms with E-state index in [1.165, 1.54) is 19.4 Å². The van der Waals surface area contributed by atoms with Gasteiger partial charge < -0.3 is 19.8 Å². The molecule has 1 fully saturated rings. The third-order valence-electron chi connectivity index (χ3n) is 5.63. The molecule has 10 heteroatoms. The van der Waals surface area contributed by atoms with Crippen LogP contribution in [0.25, 0.3) is 0 Å². The molecule has 2 aromatic heterocycles.